The van der Waals surface area contributed by atoms with Gasteiger partial charge < -0.3 is 15.3 Å². The summed E-state index contributed by atoms with van der Waals surface area (Å²) in [6.07, 6.45) is 0.760. The number of rotatable bonds is 5. The number of phenolic OH excluding ortho intramolecular Hbond substituents is 1. The van der Waals surface area contributed by atoms with Crippen molar-refractivity contribution in [1.29, 1.82) is 0 Å². The Morgan fingerprint density at radius 3 is 2.75 bits per heavy atom. The summed E-state index contributed by atoms with van der Waals surface area (Å²) in [4.78, 5) is 14.9. The first kappa shape index (κ1) is 15.0. The van der Waals surface area contributed by atoms with Crippen LogP contribution >= 0.6 is 0 Å². The van der Waals surface area contributed by atoms with Crippen molar-refractivity contribution in [3.05, 3.63) is 29.3 Å². The second kappa shape index (κ2) is 6.86. The van der Waals surface area contributed by atoms with E-state index in [1.807, 2.05) is 13.8 Å². The van der Waals surface area contributed by atoms with Crippen LogP contribution < -0.4 is 5.32 Å². The summed E-state index contributed by atoms with van der Waals surface area (Å²) in [6.45, 7) is 8.83. The highest BCUT2D eigenvalue weighted by Crippen LogP contribution is 2.20. The first-order valence-corrected chi connectivity index (χ1v) is 7.41. The molecule has 1 fully saturated rings. The van der Waals surface area contributed by atoms with Crippen LogP contribution in [0, 0.1) is 5.92 Å². The fourth-order valence-corrected chi connectivity index (χ4v) is 2.74. The van der Waals surface area contributed by atoms with Crippen LogP contribution in [0.25, 0.3) is 0 Å². The lowest BCUT2D eigenvalue weighted by Gasteiger charge is -2.29. The van der Waals surface area contributed by atoms with Gasteiger partial charge >= 0.3 is 0 Å². The van der Waals surface area contributed by atoms with Crippen molar-refractivity contribution >= 4 is 5.78 Å². The summed E-state index contributed by atoms with van der Waals surface area (Å²) in [5, 5.41) is 12.8. The third-order valence-corrected chi connectivity index (χ3v) is 3.92. The van der Waals surface area contributed by atoms with Crippen LogP contribution in [-0.4, -0.2) is 48.5 Å². The molecule has 1 aromatic rings. The van der Waals surface area contributed by atoms with E-state index in [0.717, 1.165) is 50.3 Å². The van der Waals surface area contributed by atoms with Crippen LogP contribution in [0.1, 0.15) is 29.8 Å². The smallest absolute Gasteiger partial charge is 0.167 e. The molecule has 1 unspecified atom stereocenters. The molecule has 0 bridgehead atoms. The third-order valence-electron chi connectivity index (χ3n) is 3.92. The minimum atomic E-state index is -0.0112. The summed E-state index contributed by atoms with van der Waals surface area (Å²) >= 11 is 0. The van der Waals surface area contributed by atoms with E-state index in [1.54, 1.807) is 18.2 Å². The molecular formula is C16H24N2O2. The average Bonchev–Trinajstić information content (AvgIpc) is 2.47. The zero-order valence-corrected chi connectivity index (χ0v) is 12.4. The van der Waals surface area contributed by atoms with Crippen LogP contribution in [0.15, 0.2) is 18.2 Å². The van der Waals surface area contributed by atoms with Crippen LogP contribution in [0.3, 0.4) is 0 Å². The first-order chi connectivity index (χ1) is 9.61. The van der Waals surface area contributed by atoms with E-state index in [1.165, 1.54) is 0 Å². The van der Waals surface area contributed by atoms with Gasteiger partial charge in [-0.2, -0.15) is 0 Å². The van der Waals surface area contributed by atoms with Gasteiger partial charge in [-0.1, -0.05) is 13.8 Å². The lowest BCUT2D eigenvalue weighted by atomic mass is 9.93. The standard InChI is InChI=1S/C16H24N2O2/c1-3-13-10-14(19)4-5-15(13)16(20)12(2)11-18-8-6-17-7-9-18/h4-5,10,12,17,19H,3,6-9,11H2,1-2H3. The Balaban J connectivity index is 2.05. The summed E-state index contributed by atoms with van der Waals surface area (Å²) in [6, 6.07) is 5.06. The van der Waals surface area contributed by atoms with Crippen molar-refractivity contribution in [3.8, 4) is 5.75 Å². The van der Waals surface area contributed by atoms with Gasteiger partial charge in [0.05, 0.1) is 0 Å². The van der Waals surface area contributed by atoms with Crippen molar-refractivity contribution in [2.24, 2.45) is 5.92 Å². The topological polar surface area (TPSA) is 52.6 Å². The van der Waals surface area contributed by atoms with Crippen LogP contribution in [0.2, 0.25) is 0 Å². The van der Waals surface area contributed by atoms with E-state index in [2.05, 4.69) is 10.2 Å². The quantitative estimate of drug-likeness (QED) is 0.803. The number of aromatic hydroxyl groups is 1. The van der Waals surface area contributed by atoms with Gasteiger partial charge in [0.2, 0.25) is 0 Å². The molecule has 2 rings (SSSR count). The number of nitrogens with zero attached hydrogens (tertiary/aromatic N) is 1. The van der Waals surface area contributed by atoms with Gasteiger partial charge in [0.1, 0.15) is 5.75 Å². The van der Waals surface area contributed by atoms with Crippen molar-refractivity contribution in [2.75, 3.05) is 32.7 Å². The van der Waals surface area contributed by atoms with Crippen molar-refractivity contribution in [1.82, 2.24) is 10.2 Å². The number of piperazine rings is 1. The Morgan fingerprint density at radius 1 is 1.40 bits per heavy atom. The largest absolute Gasteiger partial charge is 0.508 e. The number of phenols is 1. The van der Waals surface area contributed by atoms with Crippen molar-refractivity contribution < 1.29 is 9.90 Å². The number of Topliss-reactive ketones (excluding diaryl/α,β-unsaturated/α-hetero) is 1. The Bertz CT molecular complexity index is 468. The van der Waals surface area contributed by atoms with Gasteiger partial charge in [-0.3, -0.25) is 4.79 Å². The molecule has 0 spiro atoms. The van der Waals surface area contributed by atoms with E-state index in [9.17, 15) is 9.90 Å². The molecule has 0 amide bonds. The van der Waals surface area contributed by atoms with Gasteiger partial charge in [-0.25, -0.2) is 0 Å². The molecule has 110 valence electrons. The summed E-state index contributed by atoms with van der Waals surface area (Å²) in [7, 11) is 0. The second-order valence-corrected chi connectivity index (χ2v) is 5.51. The Labute approximate surface area is 120 Å². The lowest BCUT2D eigenvalue weighted by Crippen LogP contribution is -2.45. The molecule has 1 aliphatic rings. The molecule has 4 heteroatoms. The number of hydrogen-bond donors (Lipinski definition) is 2. The number of carbonyl (C=O) groups is 1. The van der Waals surface area contributed by atoms with Crippen LogP contribution in [0.4, 0.5) is 0 Å². The molecule has 0 saturated carbocycles. The van der Waals surface area contributed by atoms with Crippen LogP contribution in [0.5, 0.6) is 5.75 Å². The molecule has 0 radical (unpaired) electrons. The fourth-order valence-electron chi connectivity index (χ4n) is 2.74. The summed E-state index contributed by atoms with van der Waals surface area (Å²) in [5.74, 6) is 0.400. The summed E-state index contributed by atoms with van der Waals surface area (Å²) < 4.78 is 0. The number of ketones is 1. The SMILES string of the molecule is CCc1cc(O)ccc1C(=O)C(C)CN1CCNCC1. The molecule has 1 saturated heterocycles. The predicted molar refractivity (Wildman–Crippen MR) is 80.3 cm³/mol. The Hall–Kier alpha value is -1.39. The predicted octanol–water partition coefficient (Wildman–Crippen LogP) is 1.68. The molecular weight excluding hydrogens is 252 g/mol. The van der Waals surface area contributed by atoms with E-state index >= 15 is 0 Å². The molecule has 1 atom stereocenters. The van der Waals surface area contributed by atoms with E-state index in [-0.39, 0.29) is 17.5 Å². The molecule has 0 aliphatic carbocycles. The van der Waals surface area contributed by atoms with Gasteiger partial charge in [0.25, 0.3) is 0 Å². The maximum absolute atomic E-state index is 12.6. The molecule has 4 nitrogen and oxygen atoms in total. The van der Waals surface area contributed by atoms with E-state index in [4.69, 9.17) is 0 Å². The maximum atomic E-state index is 12.6. The average molecular weight is 276 g/mol. The number of nitrogens with one attached hydrogen (secondary N) is 1. The molecule has 1 heterocycles. The van der Waals surface area contributed by atoms with E-state index in [0.29, 0.717) is 0 Å². The van der Waals surface area contributed by atoms with Gasteiger partial charge in [-0.05, 0) is 30.2 Å². The molecule has 2 N–H and O–H groups in total. The number of carbonyl (C=O) groups excluding carboxylic acids is 1. The molecule has 1 aromatic carbocycles. The number of aryl methyl sites for hydroxylation is 1. The molecule has 0 aromatic heterocycles. The van der Waals surface area contributed by atoms with E-state index < -0.39 is 0 Å². The Morgan fingerprint density at radius 2 is 2.10 bits per heavy atom. The zero-order chi connectivity index (χ0) is 14.5. The third kappa shape index (κ3) is 3.58. The minimum Gasteiger partial charge on any atom is -0.508 e. The highest BCUT2D eigenvalue weighted by molar-refractivity contribution is 5.99. The highest BCUT2D eigenvalue weighted by Gasteiger charge is 2.21. The molecule has 20 heavy (non-hydrogen) atoms. The van der Waals surface area contributed by atoms with Gasteiger partial charge in [0, 0.05) is 44.2 Å². The second-order valence-electron chi connectivity index (χ2n) is 5.51. The van der Waals surface area contributed by atoms with Gasteiger partial charge in [-0.15, -0.1) is 0 Å². The normalized spacial score (nSPS) is 17.9. The highest BCUT2D eigenvalue weighted by atomic mass is 16.3. The zero-order valence-electron chi connectivity index (χ0n) is 12.4. The number of hydrogen-bond acceptors (Lipinski definition) is 4. The van der Waals surface area contributed by atoms with Crippen molar-refractivity contribution in [3.63, 3.8) is 0 Å². The maximum Gasteiger partial charge on any atom is 0.167 e. The fraction of sp³-hybridized carbons (Fsp3) is 0.562. The molecule has 1 aliphatic heterocycles. The number of benzene rings is 1. The minimum absolute atomic E-state index is 0.0112. The van der Waals surface area contributed by atoms with Crippen molar-refractivity contribution in [2.45, 2.75) is 20.3 Å². The Kier molecular flexibility index (Phi) is 5.15. The monoisotopic (exact) mass is 276 g/mol. The van der Waals surface area contributed by atoms with Gasteiger partial charge in [0.15, 0.2) is 5.78 Å². The lowest BCUT2D eigenvalue weighted by molar-refractivity contribution is 0.0886. The summed E-state index contributed by atoms with van der Waals surface area (Å²) in [5.41, 5.74) is 1.69. The van der Waals surface area contributed by atoms with Crippen LogP contribution in [-0.2, 0) is 6.42 Å². The first-order valence-electron chi connectivity index (χ1n) is 7.41.